The topological polar surface area (TPSA) is 0 Å². The fourth-order valence-electron chi connectivity index (χ4n) is 5.02. The van der Waals surface area contributed by atoms with Crippen molar-refractivity contribution >= 4 is 0 Å². The molecule has 3 fully saturated rings. The Morgan fingerprint density at radius 1 is 1.50 bits per heavy atom. The first-order valence-electron chi connectivity index (χ1n) is 5.55. The van der Waals surface area contributed by atoms with E-state index >= 15 is 0 Å². The summed E-state index contributed by atoms with van der Waals surface area (Å²) >= 11 is 0. The predicted octanol–water partition coefficient (Wildman–Crippen LogP) is 2.85. The third kappa shape index (κ3) is 0.341. The lowest BCUT2D eigenvalue weighted by atomic mass is 9.51. The van der Waals surface area contributed by atoms with Gasteiger partial charge < -0.3 is 0 Å². The van der Waals surface area contributed by atoms with Crippen LogP contribution in [0, 0.1) is 35.0 Å². The molecule has 0 aromatic heterocycles. The minimum Gasteiger partial charge on any atom is -0.0766 e. The minimum atomic E-state index is 0.898. The van der Waals surface area contributed by atoms with Gasteiger partial charge in [-0.1, -0.05) is 31.9 Å². The van der Waals surface area contributed by atoms with E-state index in [0.717, 1.165) is 35.0 Å². The van der Waals surface area contributed by atoms with Gasteiger partial charge in [-0.15, -0.1) is 0 Å². The molecule has 12 heavy (non-hydrogen) atoms. The quantitative estimate of drug-likeness (QED) is 0.545. The summed E-state index contributed by atoms with van der Waals surface area (Å²) < 4.78 is 0. The van der Waals surface area contributed by atoms with Crippen LogP contribution in [0.1, 0.15) is 26.7 Å². The molecule has 0 bridgehead atoms. The van der Waals surface area contributed by atoms with Crippen molar-refractivity contribution in [2.45, 2.75) is 26.7 Å². The number of hydrogen-bond donors (Lipinski definition) is 0. The van der Waals surface area contributed by atoms with E-state index in [2.05, 4.69) is 19.9 Å². The summed E-state index contributed by atoms with van der Waals surface area (Å²) in [5.74, 6) is 5.51. The third-order valence-electron chi connectivity index (χ3n) is 5.35. The molecule has 0 aromatic rings. The van der Waals surface area contributed by atoms with E-state index in [1.165, 1.54) is 12.8 Å². The van der Waals surface area contributed by atoms with Gasteiger partial charge in [0.15, 0.2) is 0 Å². The summed E-state index contributed by atoms with van der Waals surface area (Å²) in [5, 5.41) is 0. The van der Waals surface area contributed by atoms with Crippen molar-refractivity contribution in [3.8, 4) is 0 Å². The van der Waals surface area contributed by atoms with Crippen LogP contribution in [0.4, 0.5) is 0 Å². The Bertz CT molecular complexity index is 301. The maximum atomic E-state index is 2.57. The fourth-order valence-corrected chi connectivity index (χ4v) is 5.02. The highest BCUT2D eigenvalue weighted by molar-refractivity contribution is 5.58. The van der Waals surface area contributed by atoms with Gasteiger partial charge in [-0.2, -0.15) is 0 Å². The molecule has 0 nitrogen and oxygen atoms in total. The molecule has 4 aliphatic carbocycles. The molecule has 0 amide bonds. The Hall–Kier alpha value is -0.260. The number of fused-ring (bicyclic) bond motifs is 2. The van der Waals surface area contributed by atoms with Crippen LogP contribution in [0.5, 0.6) is 0 Å². The van der Waals surface area contributed by atoms with Crippen molar-refractivity contribution in [2.24, 2.45) is 35.0 Å². The summed E-state index contributed by atoms with van der Waals surface area (Å²) in [6.45, 7) is 4.83. The lowest BCUT2D eigenvalue weighted by Gasteiger charge is -2.52. The smallest absolute Gasteiger partial charge is 0.00509 e. The molecular formula is C12H16. The first kappa shape index (κ1) is 6.23. The molecule has 0 aliphatic heterocycles. The van der Waals surface area contributed by atoms with Crippen LogP contribution in [0.2, 0.25) is 0 Å². The zero-order valence-corrected chi connectivity index (χ0v) is 7.88. The monoisotopic (exact) mass is 160 g/mol. The van der Waals surface area contributed by atoms with Gasteiger partial charge in [0.25, 0.3) is 0 Å². The van der Waals surface area contributed by atoms with Crippen molar-refractivity contribution < 1.29 is 0 Å². The van der Waals surface area contributed by atoms with Crippen molar-refractivity contribution in [2.75, 3.05) is 0 Å². The highest BCUT2D eigenvalue weighted by Gasteiger charge is 2.90. The normalized spacial score (nSPS) is 67.8. The zero-order chi connectivity index (χ0) is 8.09. The molecule has 0 heterocycles. The summed E-state index contributed by atoms with van der Waals surface area (Å²) in [6, 6.07) is 0. The second-order valence-corrected chi connectivity index (χ2v) is 5.39. The van der Waals surface area contributed by atoms with Crippen molar-refractivity contribution in [1.82, 2.24) is 0 Å². The van der Waals surface area contributed by atoms with Crippen LogP contribution >= 0.6 is 0 Å². The van der Waals surface area contributed by atoms with Gasteiger partial charge in [-0.05, 0) is 35.5 Å². The molecule has 0 heteroatoms. The van der Waals surface area contributed by atoms with Crippen LogP contribution < -0.4 is 0 Å². The Labute approximate surface area is 74.0 Å². The van der Waals surface area contributed by atoms with Crippen molar-refractivity contribution in [1.29, 1.82) is 0 Å². The predicted molar refractivity (Wildman–Crippen MR) is 48.5 cm³/mol. The largest absolute Gasteiger partial charge is 0.0766 e. The molecule has 1 spiro atoms. The van der Waals surface area contributed by atoms with Crippen molar-refractivity contribution in [3.05, 3.63) is 11.6 Å². The number of hydrogen-bond acceptors (Lipinski definition) is 0. The Morgan fingerprint density at radius 2 is 2.33 bits per heavy atom. The van der Waals surface area contributed by atoms with E-state index in [1.54, 1.807) is 0 Å². The van der Waals surface area contributed by atoms with Crippen LogP contribution in [-0.2, 0) is 0 Å². The summed E-state index contributed by atoms with van der Waals surface area (Å²) in [5.41, 5.74) is 2.77. The average Bonchev–Trinajstić information content (AvgIpc) is 2.81. The maximum Gasteiger partial charge on any atom is 0.00509 e. The zero-order valence-electron chi connectivity index (χ0n) is 7.88. The highest BCUT2D eigenvalue weighted by Crippen LogP contribution is 2.94. The highest BCUT2D eigenvalue weighted by atomic mass is 14.9. The van der Waals surface area contributed by atoms with E-state index in [0.29, 0.717) is 0 Å². The Morgan fingerprint density at radius 3 is 3.08 bits per heavy atom. The molecule has 4 aliphatic rings. The minimum absolute atomic E-state index is 0.898. The molecule has 0 N–H and O–H groups in total. The molecule has 6 atom stereocenters. The van der Waals surface area contributed by atoms with Gasteiger partial charge in [-0.25, -0.2) is 0 Å². The molecule has 0 saturated heterocycles. The van der Waals surface area contributed by atoms with Crippen LogP contribution in [0.3, 0.4) is 0 Å². The van der Waals surface area contributed by atoms with E-state index < -0.39 is 0 Å². The standard InChI is InChI=1S/C12H16/c1-3-4-7-10-6(2)12(10)9-5-8(9)11(7)12/h5-7,9-11H,3-4H2,1-2H3. The van der Waals surface area contributed by atoms with Crippen LogP contribution in [-0.4, -0.2) is 0 Å². The molecule has 0 radical (unpaired) electrons. The van der Waals surface area contributed by atoms with Gasteiger partial charge in [0.2, 0.25) is 0 Å². The maximum absolute atomic E-state index is 2.57. The second kappa shape index (κ2) is 1.42. The fraction of sp³-hybridized carbons (Fsp3) is 0.833. The molecule has 64 valence electrons. The average molecular weight is 160 g/mol. The van der Waals surface area contributed by atoms with E-state index in [4.69, 9.17) is 0 Å². The Kier molecular flexibility index (Phi) is 0.740. The molecule has 0 aromatic carbocycles. The van der Waals surface area contributed by atoms with Gasteiger partial charge >= 0.3 is 0 Å². The summed E-state index contributed by atoms with van der Waals surface area (Å²) in [6.07, 6.45) is 5.47. The van der Waals surface area contributed by atoms with Gasteiger partial charge in [0, 0.05) is 5.92 Å². The SMILES string of the molecule is CCCC1C2C3=CC3C23C(C)C13. The summed E-state index contributed by atoms with van der Waals surface area (Å²) in [7, 11) is 0. The summed E-state index contributed by atoms with van der Waals surface area (Å²) in [4.78, 5) is 0. The third-order valence-corrected chi connectivity index (χ3v) is 5.35. The van der Waals surface area contributed by atoms with Crippen LogP contribution in [0.25, 0.3) is 0 Å². The first-order valence-corrected chi connectivity index (χ1v) is 5.55. The van der Waals surface area contributed by atoms with E-state index in [1.807, 2.05) is 5.57 Å². The lowest BCUT2D eigenvalue weighted by Crippen LogP contribution is -2.48. The lowest BCUT2D eigenvalue weighted by molar-refractivity contribution is 0.0114. The van der Waals surface area contributed by atoms with E-state index in [-0.39, 0.29) is 0 Å². The van der Waals surface area contributed by atoms with Crippen molar-refractivity contribution in [3.63, 3.8) is 0 Å². The molecule has 4 rings (SSSR count). The molecule has 3 saturated carbocycles. The Balaban J connectivity index is 1.66. The second-order valence-electron chi connectivity index (χ2n) is 5.39. The van der Waals surface area contributed by atoms with Gasteiger partial charge in [-0.3, -0.25) is 0 Å². The number of allylic oxidation sites excluding steroid dienone is 2. The number of rotatable bonds is 2. The molecule has 6 unspecified atom stereocenters. The van der Waals surface area contributed by atoms with E-state index in [9.17, 15) is 0 Å². The van der Waals surface area contributed by atoms with Crippen LogP contribution in [0.15, 0.2) is 11.6 Å². The molecular weight excluding hydrogens is 144 g/mol. The first-order chi connectivity index (χ1) is 5.83. The van der Waals surface area contributed by atoms with Gasteiger partial charge in [0.1, 0.15) is 0 Å². The van der Waals surface area contributed by atoms with Gasteiger partial charge in [0.05, 0.1) is 0 Å².